The van der Waals surface area contributed by atoms with Gasteiger partial charge >= 0.3 is 5.97 Å². The van der Waals surface area contributed by atoms with E-state index in [9.17, 15) is 4.79 Å². The Morgan fingerprint density at radius 2 is 2.14 bits per heavy atom. The SMILES string of the molecule is CCNC(=NCC(C)C(=O)OC)NCCc1nc(C)c(C)s1. The van der Waals surface area contributed by atoms with Crippen molar-refractivity contribution in [1.82, 2.24) is 15.6 Å². The third-order valence-corrected chi connectivity index (χ3v) is 4.31. The first-order valence-electron chi connectivity index (χ1n) is 7.50. The van der Waals surface area contributed by atoms with Gasteiger partial charge in [-0.3, -0.25) is 9.79 Å². The second-order valence-corrected chi connectivity index (χ2v) is 6.36. The number of esters is 1. The summed E-state index contributed by atoms with van der Waals surface area (Å²) >= 11 is 1.73. The fraction of sp³-hybridized carbons (Fsp3) is 0.667. The van der Waals surface area contributed by atoms with Crippen LogP contribution < -0.4 is 10.6 Å². The molecule has 0 amide bonds. The monoisotopic (exact) mass is 326 g/mol. The number of hydrogen-bond donors (Lipinski definition) is 2. The molecule has 0 saturated carbocycles. The Balaban J connectivity index is 2.47. The number of nitrogens with one attached hydrogen (secondary N) is 2. The van der Waals surface area contributed by atoms with Gasteiger partial charge in [0.1, 0.15) is 0 Å². The summed E-state index contributed by atoms with van der Waals surface area (Å²) in [6.07, 6.45) is 0.857. The van der Waals surface area contributed by atoms with E-state index in [1.165, 1.54) is 12.0 Å². The van der Waals surface area contributed by atoms with Crippen LogP contribution in [-0.2, 0) is 16.0 Å². The maximum atomic E-state index is 11.4. The zero-order valence-electron chi connectivity index (χ0n) is 14.0. The van der Waals surface area contributed by atoms with Crippen LogP contribution in [-0.4, -0.2) is 43.7 Å². The molecule has 22 heavy (non-hydrogen) atoms. The Morgan fingerprint density at radius 1 is 1.41 bits per heavy atom. The summed E-state index contributed by atoms with van der Waals surface area (Å²) in [5.74, 6) is 0.223. The van der Waals surface area contributed by atoms with Gasteiger partial charge in [0.2, 0.25) is 0 Å². The number of carbonyl (C=O) groups is 1. The molecule has 7 heteroatoms. The van der Waals surface area contributed by atoms with E-state index < -0.39 is 0 Å². The first kappa shape index (κ1) is 18.4. The smallest absolute Gasteiger partial charge is 0.310 e. The molecule has 0 fully saturated rings. The molecular weight excluding hydrogens is 300 g/mol. The largest absolute Gasteiger partial charge is 0.469 e. The zero-order chi connectivity index (χ0) is 16.5. The predicted molar refractivity (Wildman–Crippen MR) is 90.5 cm³/mol. The lowest BCUT2D eigenvalue weighted by Crippen LogP contribution is -2.38. The van der Waals surface area contributed by atoms with E-state index >= 15 is 0 Å². The van der Waals surface area contributed by atoms with Crippen LogP contribution in [0.1, 0.15) is 29.4 Å². The molecule has 0 aliphatic carbocycles. The quantitative estimate of drug-likeness (QED) is 0.453. The van der Waals surface area contributed by atoms with Crippen molar-refractivity contribution in [3.8, 4) is 0 Å². The number of carbonyl (C=O) groups excluding carboxylic acids is 1. The minimum Gasteiger partial charge on any atom is -0.469 e. The summed E-state index contributed by atoms with van der Waals surface area (Å²) in [5, 5.41) is 7.56. The molecule has 1 unspecified atom stereocenters. The minimum atomic E-state index is -0.246. The fourth-order valence-corrected chi connectivity index (χ4v) is 2.71. The first-order valence-corrected chi connectivity index (χ1v) is 8.32. The van der Waals surface area contributed by atoms with Gasteiger partial charge in [0.15, 0.2) is 5.96 Å². The highest BCUT2D eigenvalue weighted by Crippen LogP contribution is 2.16. The van der Waals surface area contributed by atoms with Crippen molar-refractivity contribution >= 4 is 23.3 Å². The Hall–Kier alpha value is -1.63. The van der Waals surface area contributed by atoms with E-state index in [-0.39, 0.29) is 11.9 Å². The average molecular weight is 326 g/mol. The number of guanidine groups is 1. The number of aliphatic imine (C=N–C) groups is 1. The number of ether oxygens (including phenoxy) is 1. The molecule has 1 atom stereocenters. The van der Waals surface area contributed by atoms with Gasteiger partial charge in [-0.05, 0) is 20.8 Å². The average Bonchev–Trinajstić information content (AvgIpc) is 2.82. The molecule has 2 N–H and O–H groups in total. The molecule has 1 heterocycles. The first-order chi connectivity index (χ1) is 10.5. The van der Waals surface area contributed by atoms with Gasteiger partial charge in [0.25, 0.3) is 0 Å². The van der Waals surface area contributed by atoms with Gasteiger partial charge in [-0.2, -0.15) is 0 Å². The summed E-state index contributed by atoms with van der Waals surface area (Å²) in [4.78, 5) is 21.6. The Labute approximate surface area is 136 Å². The normalized spacial score (nSPS) is 12.9. The van der Waals surface area contributed by atoms with Gasteiger partial charge in [-0.1, -0.05) is 6.92 Å². The van der Waals surface area contributed by atoms with Crippen molar-refractivity contribution in [2.45, 2.75) is 34.1 Å². The third kappa shape index (κ3) is 6.01. The summed E-state index contributed by atoms with van der Waals surface area (Å²) in [7, 11) is 1.39. The second-order valence-electron chi connectivity index (χ2n) is 5.07. The van der Waals surface area contributed by atoms with Crippen LogP contribution in [0.2, 0.25) is 0 Å². The molecule has 6 nitrogen and oxygen atoms in total. The van der Waals surface area contributed by atoms with E-state index in [4.69, 9.17) is 4.74 Å². The van der Waals surface area contributed by atoms with Crippen LogP contribution in [0.5, 0.6) is 0 Å². The second kappa shape index (κ2) is 9.40. The molecule has 0 saturated heterocycles. The van der Waals surface area contributed by atoms with Gasteiger partial charge in [0, 0.05) is 24.4 Å². The van der Waals surface area contributed by atoms with Crippen molar-refractivity contribution in [3.63, 3.8) is 0 Å². The molecule has 0 bridgehead atoms. The summed E-state index contributed by atoms with van der Waals surface area (Å²) in [6, 6.07) is 0. The molecule has 1 rings (SSSR count). The van der Waals surface area contributed by atoms with Crippen LogP contribution in [0.15, 0.2) is 4.99 Å². The Bertz CT molecular complexity index is 494. The number of aryl methyl sites for hydroxylation is 2. The summed E-state index contributed by atoms with van der Waals surface area (Å²) in [5.41, 5.74) is 1.10. The van der Waals surface area contributed by atoms with Gasteiger partial charge in [0.05, 0.1) is 30.3 Å². The van der Waals surface area contributed by atoms with Gasteiger partial charge in [-0.25, -0.2) is 4.98 Å². The Morgan fingerprint density at radius 3 is 2.68 bits per heavy atom. The predicted octanol–water partition coefficient (Wildman–Crippen LogP) is 1.67. The molecule has 0 spiro atoms. The lowest BCUT2D eigenvalue weighted by Gasteiger charge is -2.12. The molecule has 0 aliphatic heterocycles. The van der Waals surface area contributed by atoms with Crippen LogP contribution >= 0.6 is 11.3 Å². The standard InChI is InChI=1S/C15H26N4O2S/c1-6-16-15(18-9-10(2)14(20)21-5)17-8-7-13-19-11(3)12(4)22-13/h10H,6-9H2,1-5H3,(H2,16,17,18). The fourth-order valence-electron chi connectivity index (χ4n) is 1.78. The van der Waals surface area contributed by atoms with Crippen LogP contribution in [0, 0.1) is 19.8 Å². The van der Waals surface area contributed by atoms with Crippen molar-refractivity contribution in [2.75, 3.05) is 26.7 Å². The van der Waals surface area contributed by atoms with E-state index in [1.807, 2.05) is 13.8 Å². The van der Waals surface area contributed by atoms with Crippen molar-refractivity contribution in [1.29, 1.82) is 0 Å². The van der Waals surface area contributed by atoms with Crippen LogP contribution in [0.3, 0.4) is 0 Å². The molecule has 124 valence electrons. The summed E-state index contributed by atoms with van der Waals surface area (Å²) < 4.78 is 4.70. The molecule has 1 aromatic heterocycles. The van der Waals surface area contributed by atoms with Crippen molar-refractivity contribution in [3.05, 3.63) is 15.6 Å². The van der Waals surface area contributed by atoms with E-state index in [2.05, 4.69) is 27.5 Å². The zero-order valence-corrected chi connectivity index (χ0v) is 14.8. The number of nitrogens with zero attached hydrogens (tertiary/aromatic N) is 2. The Kier molecular flexibility index (Phi) is 7.87. The van der Waals surface area contributed by atoms with Gasteiger partial charge in [-0.15, -0.1) is 11.3 Å². The number of hydrogen-bond acceptors (Lipinski definition) is 5. The molecule has 1 aromatic rings. The number of rotatable bonds is 7. The summed E-state index contributed by atoms with van der Waals surface area (Å²) in [6.45, 7) is 9.86. The molecule has 0 aromatic carbocycles. The minimum absolute atomic E-state index is 0.242. The molecular formula is C15H26N4O2S. The molecule has 0 aliphatic rings. The maximum Gasteiger partial charge on any atom is 0.310 e. The maximum absolute atomic E-state index is 11.4. The number of thiazole rings is 1. The van der Waals surface area contributed by atoms with Crippen molar-refractivity contribution < 1.29 is 9.53 Å². The van der Waals surface area contributed by atoms with E-state index in [0.717, 1.165) is 30.2 Å². The topological polar surface area (TPSA) is 75.6 Å². The van der Waals surface area contributed by atoms with Crippen molar-refractivity contribution in [2.24, 2.45) is 10.9 Å². The highest BCUT2D eigenvalue weighted by Gasteiger charge is 2.12. The highest BCUT2D eigenvalue weighted by molar-refractivity contribution is 7.11. The lowest BCUT2D eigenvalue weighted by molar-refractivity contribution is -0.144. The van der Waals surface area contributed by atoms with Crippen LogP contribution in [0.4, 0.5) is 0 Å². The van der Waals surface area contributed by atoms with Crippen LogP contribution in [0.25, 0.3) is 0 Å². The lowest BCUT2D eigenvalue weighted by atomic mass is 10.2. The third-order valence-electron chi connectivity index (χ3n) is 3.18. The number of aromatic nitrogens is 1. The molecule has 0 radical (unpaired) electrons. The number of methoxy groups -OCH3 is 1. The van der Waals surface area contributed by atoms with E-state index in [1.54, 1.807) is 18.3 Å². The van der Waals surface area contributed by atoms with Gasteiger partial charge < -0.3 is 15.4 Å². The highest BCUT2D eigenvalue weighted by atomic mass is 32.1. The van der Waals surface area contributed by atoms with E-state index in [0.29, 0.717) is 12.5 Å².